The fourth-order valence-electron chi connectivity index (χ4n) is 10.3. The van der Waals surface area contributed by atoms with Gasteiger partial charge in [-0.3, -0.25) is 18.1 Å². The summed E-state index contributed by atoms with van der Waals surface area (Å²) in [6, 6.07) is 0. The highest BCUT2D eigenvalue weighted by atomic mass is 31.2. The van der Waals surface area contributed by atoms with E-state index in [9.17, 15) is 18.9 Å². The van der Waals surface area contributed by atoms with Crippen molar-refractivity contribution in [2.24, 2.45) is 46.3 Å². The van der Waals surface area contributed by atoms with E-state index in [0.717, 1.165) is 32.1 Å². The molecule has 0 spiro atoms. The molecule has 0 bridgehead atoms. The number of ether oxygens (including phenoxy) is 2. The van der Waals surface area contributed by atoms with Crippen molar-refractivity contribution in [3.63, 3.8) is 0 Å². The number of aliphatic hydroxyl groups is 2. The van der Waals surface area contributed by atoms with Gasteiger partial charge in [-0.2, -0.15) is 0 Å². The predicted octanol–water partition coefficient (Wildman–Crippen LogP) is 5.71. The van der Waals surface area contributed by atoms with E-state index in [1.807, 2.05) is 0 Å². The molecule has 4 fully saturated rings. The molecule has 0 aromatic rings. The molecule has 0 amide bonds. The van der Waals surface area contributed by atoms with Gasteiger partial charge in [0.25, 0.3) is 0 Å². The number of hydrogen-bond acceptors (Lipinski definition) is 10. The quantitative estimate of drug-likeness (QED) is 0.0958. The van der Waals surface area contributed by atoms with E-state index >= 15 is 0 Å². The molecular weight excluding hydrogens is 638 g/mol. The normalized spacial score (nSPS) is 39.1. The van der Waals surface area contributed by atoms with Gasteiger partial charge in [-0.05, 0) is 97.7 Å². The molecule has 12 nitrogen and oxygen atoms in total. The second-order valence-electron chi connectivity index (χ2n) is 14.6. The number of phosphoric acid groups is 2. The summed E-state index contributed by atoms with van der Waals surface area (Å²) >= 11 is 0. The van der Waals surface area contributed by atoms with Crippen LogP contribution in [0.2, 0.25) is 0 Å². The Labute approximate surface area is 275 Å². The molecule has 4 N–H and O–H groups in total. The van der Waals surface area contributed by atoms with E-state index in [1.54, 1.807) is 0 Å². The van der Waals surface area contributed by atoms with Gasteiger partial charge >= 0.3 is 15.6 Å². The first-order valence-electron chi connectivity index (χ1n) is 17.5. The van der Waals surface area contributed by atoms with Gasteiger partial charge in [-0.15, -0.1) is 0 Å². The molecule has 270 valence electrons. The van der Waals surface area contributed by atoms with Crippen molar-refractivity contribution in [1.82, 2.24) is 0 Å². The molecule has 4 aliphatic rings. The van der Waals surface area contributed by atoms with E-state index in [4.69, 9.17) is 33.3 Å². The lowest BCUT2D eigenvalue weighted by molar-refractivity contribution is -0.194. The molecule has 2 unspecified atom stereocenters. The molecule has 12 atom stereocenters. The third-order valence-corrected chi connectivity index (χ3v) is 14.3. The maximum atomic E-state index is 12.2. The summed E-state index contributed by atoms with van der Waals surface area (Å²) in [4.78, 5) is 19.6. The third kappa shape index (κ3) is 9.04. The topological polar surface area (TPSA) is 170 Å². The van der Waals surface area contributed by atoms with Crippen molar-refractivity contribution < 1.29 is 56.7 Å². The van der Waals surface area contributed by atoms with E-state index < -0.39 is 15.6 Å². The molecule has 0 heterocycles. The zero-order valence-corrected chi connectivity index (χ0v) is 30.1. The average molecular weight is 699 g/mol. The first-order valence-corrected chi connectivity index (χ1v) is 20.5. The highest BCUT2D eigenvalue weighted by molar-refractivity contribution is 7.47. The van der Waals surface area contributed by atoms with Crippen LogP contribution in [-0.2, 0) is 36.7 Å². The van der Waals surface area contributed by atoms with Crippen LogP contribution in [0.15, 0.2) is 0 Å². The Morgan fingerprint density at radius 1 is 0.761 bits per heavy atom. The van der Waals surface area contributed by atoms with Crippen molar-refractivity contribution in [2.45, 2.75) is 104 Å². The van der Waals surface area contributed by atoms with E-state index in [0.29, 0.717) is 35.5 Å². The molecule has 4 aliphatic carbocycles. The number of rotatable bonds is 19. The van der Waals surface area contributed by atoms with Crippen LogP contribution in [0.25, 0.3) is 0 Å². The number of fused-ring (bicyclic) bond motifs is 5. The molecule has 0 aliphatic heterocycles. The molecule has 14 heteroatoms. The van der Waals surface area contributed by atoms with Gasteiger partial charge in [0, 0.05) is 0 Å². The van der Waals surface area contributed by atoms with Crippen LogP contribution in [0.4, 0.5) is 0 Å². The maximum Gasteiger partial charge on any atom is 0.472 e. The van der Waals surface area contributed by atoms with Crippen molar-refractivity contribution in [3.05, 3.63) is 0 Å². The highest BCUT2D eigenvalue weighted by Crippen LogP contribution is 2.69. The lowest BCUT2D eigenvalue weighted by Gasteiger charge is -2.63. The molecule has 0 saturated heterocycles. The lowest BCUT2D eigenvalue weighted by atomic mass is 9.43. The SMILES string of the molecule is CCC[C@@H](C)[C@H]1CC[C@H]2[C@@H]3CC[C@@H]4C[C@H](OCCOP(=O)(O)OCCO)CC[C@]4(C)[C@H]3C[C@H](OCCOP(=O)(O)OCCO)[C@]12C. The van der Waals surface area contributed by atoms with Crippen LogP contribution in [0, 0.1) is 46.3 Å². The summed E-state index contributed by atoms with van der Waals surface area (Å²) < 4.78 is 56.4. The Morgan fingerprint density at radius 2 is 1.37 bits per heavy atom. The highest BCUT2D eigenvalue weighted by Gasteiger charge is 2.64. The molecule has 0 radical (unpaired) electrons. The van der Waals surface area contributed by atoms with E-state index in [2.05, 4.69) is 32.2 Å². The van der Waals surface area contributed by atoms with Gasteiger partial charge in [-0.1, -0.05) is 40.5 Å². The maximum absolute atomic E-state index is 12.2. The van der Waals surface area contributed by atoms with Gasteiger partial charge in [-0.25, -0.2) is 9.13 Å². The van der Waals surface area contributed by atoms with Crippen LogP contribution in [0.5, 0.6) is 0 Å². The van der Waals surface area contributed by atoms with E-state index in [1.165, 1.54) is 32.1 Å². The molecule has 4 rings (SSSR count). The third-order valence-electron chi connectivity index (χ3n) is 12.2. The number of hydrogen-bond donors (Lipinski definition) is 4. The summed E-state index contributed by atoms with van der Waals surface area (Å²) in [5.74, 6) is 3.42. The Morgan fingerprint density at radius 3 is 1.98 bits per heavy atom. The summed E-state index contributed by atoms with van der Waals surface area (Å²) in [6.45, 7) is 8.66. The number of aliphatic hydroxyl groups excluding tert-OH is 2. The minimum absolute atomic E-state index is 0.0227. The Kier molecular flexibility index (Phi) is 14.2. The van der Waals surface area contributed by atoms with Crippen LogP contribution in [0.3, 0.4) is 0 Å². The van der Waals surface area contributed by atoms with Gasteiger partial charge in [0.1, 0.15) is 0 Å². The predicted molar refractivity (Wildman–Crippen MR) is 172 cm³/mol. The summed E-state index contributed by atoms with van der Waals surface area (Å²) in [6.07, 6.45) is 11.2. The van der Waals surface area contributed by atoms with Gasteiger partial charge in [0.05, 0.1) is 65.1 Å². The zero-order chi connectivity index (χ0) is 33.6. The van der Waals surface area contributed by atoms with Gasteiger partial charge < -0.3 is 29.5 Å². The van der Waals surface area contributed by atoms with Crippen molar-refractivity contribution in [3.8, 4) is 0 Å². The number of phosphoric ester groups is 2. The van der Waals surface area contributed by atoms with E-state index in [-0.39, 0.29) is 75.9 Å². The van der Waals surface area contributed by atoms with Gasteiger partial charge in [0.15, 0.2) is 0 Å². The molecular formula is C32H60O12P2. The fraction of sp³-hybridized carbons (Fsp3) is 1.00. The second kappa shape index (κ2) is 16.8. The first kappa shape index (κ1) is 38.9. The first-order chi connectivity index (χ1) is 21.8. The molecule has 0 aromatic carbocycles. The Balaban J connectivity index is 1.42. The monoisotopic (exact) mass is 698 g/mol. The standard InChI is InChI=1S/C32H60O12P2/c1-5-6-23(2)27-9-10-28-26-8-7-24-21-25(39-17-19-43-45(35,36)41-15-13-33)11-12-31(24,3)29(26)22-30(32(27,28)4)40-18-20-44-46(37,38)42-16-14-34/h23-30,33-34H,5-22H2,1-4H3,(H,35,36)(H,37,38)/t23-,24-,25-,26+,27-,28+,29+,30+,31+,32-/m1/s1. The van der Waals surface area contributed by atoms with Gasteiger partial charge in [0.2, 0.25) is 0 Å². The van der Waals surface area contributed by atoms with Crippen LogP contribution in [0.1, 0.15) is 91.9 Å². The Bertz CT molecular complexity index is 1050. The Hall–Kier alpha value is 0.0600. The smallest absolute Gasteiger partial charge is 0.394 e. The minimum Gasteiger partial charge on any atom is -0.394 e. The van der Waals surface area contributed by atoms with Crippen LogP contribution in [-0.4, -0.2) is 85.1 Å². The molecule has 0 aromatic heterocycles. The largest absolute Gasteiger partial charge is 0.472 e. The van der Waals surface area contributed by atoms with Crippen molar-refractivity contribution >= 4 is 15.6 Å². The van der Waals surface area contributed by atoms with Crippen LogP contribution < -0.4 is 0 Å². The zero-order valence-electron chi connectivity index (χ0n) is 28.3. The summed E-state index contributed by atoms with van der Waals surface area (Å²) in [7, 11) is -8.43. The summed E-state index contributed by atoms with van der Waals surface area (Å²) in [5.41, 5.74) is 0.187. The lowest BCUT2D eigenvalue weighted by Crippen LogP contribution is -2.59. The average Bonchev–Trinajstić information content (AvgIpc) is 3.38. The molecule has 4 saturated carbocycles. The van der Waals surface area contributed by atoms with Crippen molar-refractivity contribution in [1.29, 1.82) is 0 Å². The second-order valence-corrected chi connectivity index (χ2v) is 17.5. The van der Waals surface area contributed by atoms with Crippen LogP contribution >= 0.6 is 15.6 Å². The minimum atomic E-state index is -4.24. The fourth-order valence-corrected chi connectivity index (χ4v) is 11.7. The summed E-state index contributed by atoms with van der Waals surface area (Å²) in [5, 5.41) is 17.7. The van der Waals surface area contributed by atoms with Crippen molar-refractivity contribution in [2.75, 3.05) is 52.9 Å². The molecule has 46 heavy (non-hydrogen) atoms.